The predicted octanol–water partition coefficient (Wildman–Crippen LogP) is 1.95. The molecule has 128 valence electrons. The van der Waals surface area contributed by atoms with Crippen molar-refractivity contribution in [3.8, 4) is 11.5 Å². The summed E-state index contributed by atoms with van der Waals surface area (Å²) < 4.78 is 16.2. The highest BCUT2D eigenvalue weighted by atomic mass is 16.7. The molecule has 1 aromatic rings. The molecule has 6 heteroatoms. The van der Waals surface area contributed by atoms with Gasteiger partial charge in [-0.25, -0.2) is 0 Å². The van der Waals surface area contributed by atoms with Crippen molar-refractivity contribution in [3.63, 3.8) is 0 Å². The van der Waals surface area contributed by atoms with Gasteiger partial charge in [0.25, 0.3) is 0 Å². The minimum atomic E-state index is -0.542. The average molecular weight is 331 g/mol. The van der Waals surface area contributed by atoms with Crippen LogP contribution in [0.15, 0.2) is 18.2 Å². The number of amides is 1. The van der Waals surface area contributed by atoms with Crippen molar-refractivity contribution in [1.29, 1.82) is 0 Å². The van der Waals surface area contributed by atoms with Crippen molar-refractivity contribution in [3.05, 3.63) is 23.8 Å². The number of fused-ring (bicyclic) bond motifs is 1. The smallest absolute Gasteiger partial charge is 0.307 e. The average Bonchev–Trinajstić information content (AvgIpc) is 3.28. The van der Waals surface area contributed by atoms with Gasteiger partial charge in [-0.1, -0.05) is 6.07 Å². The summed E-state index contributed by atoms with van der Waals surface area (Å²) in [6, 6.07) is 5.80. The molecule has 2 heterocycles. The first-order valence-corrected chi connectivity index (χ1v) is 8.54. The molecule has 4 rings (SSSR count). The highest BCUT2D eigenvalue weighted by Crippen LogP contribution is 2.45. The Balaban J connectivity index is 1.34. The van der Waals surface area contributed by atoms with Crippen molar-refractivity contribution in [1.82, 2.24) is 5.32 Å². The summed E-state index contributed by atoms with van der Waals surface area (Å²) in [6.07, 6.45) is 4.56. The van der Waals surface area contributed by atoms with Crippen molar-refractivity contribution in [2.24, 2.45) is 5.92 Å². The van der Waals surface area contributed by atoms with Crippen molar-refractivity contribution in [2.45, 2.75) is 44.1 Å². The van der Waals surface area contributed by atoms with Crippen LogP contribution in [0.1, 0.15) is 37.7 Å². The van der Waals surface area contributed by atoms with E-state index in [2.05, 4.69) is 5.32 Å². The summed E-state index contributed by atoms with van der Waals surface area (Å²) in [5.74, 6) is 0.853. The Kier molecular flexibility index (Phi) is 3.82. The number of esters is 1. The highest BCUT2D eigenvalue weighted by Gasteiger charge is 2.53. The van der Waals surface area contributed by atoms with Crippen LogP contribution in [-0.4, -0.2) is 30.8 Å². The molecule has 1 saturated carbocycles. The molecule has 6 nitrogen and oxygen atoms in total. The van der Waals surface area contributed by atoms with E-state index in [1.807, 2.05) is 18.2 Å². The molecule has 1 aromatic carbocycles. The Morgan fingerprint density at radius 1 is 1.21 bits per heavy atom. The maximum Gasteiger partial charge on any atom is 0.307 e. The predicted molar refractivity (Wildman–Crippen MR) is 84.7 cm³/mol. The Bertz CT molecular complexity index is 665. The Hall–Kier alpha value is -2.24. The molecule has 0 bridgehead atoms. The number of carbonyl (C=O) groups is 2. The van der Waals surface area contributed by atoms with Gasteiger partial charge in [0, 0.05) is 6.54 Å². The van der Waals surface area contributed by atoms with Gasteiger partial charge < -0.3 is 19.5 Å². The molecule has 1 atom stereocenters. The number of nitrogens with one attached hydrogen (secondary N) is 1. The zero-order chi connectivity index (χ0) is 16.6. The monoisotopic (exact) mass is 331 g/mol. The SMILES string of the molecule is O=C1C[C@H](C(=O)NCCc2ccc3c(c2)OCO3)C2(CCCC2)O1. The fourth-order valence-corrected chi connectivity index (χ4v) is 4.00. The molecule has 1 spiro atoms. The van der Waals surface area contributed by atoms with Crippen molar-refractivity contribution < 1.29 is 23.8 Å². The fourth-order valence-electron chi connectivity index (χ4n) is 4.00. The van der Waals surface area contributed by atoms with Gasteiger partial charge in [-0.3, -0.25) is 9.59 Å². The zero-order valence-electron chi connectivity index (χ0n) is 13.5. The number of carbonyl (C=O) groups excluding carboxylic acids is 2. The molecule has 1 saturated heterocycles. The highest BCUT2D eigenvalue weighted by molar-refractivity contribution is 5.87. The minimum Gasteiger partial charge on any atom is -0.458 e. The van der Waals surface area contributed by atoms with Crippen LogP contribution in [0.4, 0.5) is 0 Å². The molecule has 1 N–H and O–H groups in total. The Morgan fingerprint density at radius 3 is 2.83 bits per heavy atom. The fraction of sp³-hybridized carbons (Fsp3) is 0.556. The zero-order valence-corrected chi connectivity index (χ0v) is 13.5. The first-order valence-electron chi connectivity index (χ1n) is 8.54. The molecule has 2 fully saturated rings. The van der Waals surface area contributed by atoms with Crippen molar-refractivity contribution >= 4 is 11.9 Å². The van der Waals surface area contributed by atoms with E-state index in [0.29, 0.717) is 13.0 Å². The number of hydrogen-bond donors (Lipinski definition) is 1. The molecular weight excluding hydrogens is 310 g/mol. The summed E-state index contributed by atoms with van der Waals surface area (Å²) in [4.78, 5) is 24.2. The number of rotatable bonds is 4. The van der Waals surface area contributed by atoms with Gasteiger partial charge in [-0.15, -0.1) is 0 Å². The third kappa shape index (κ3) is 2.70. The lowest BCUT2D eigenvalue weighted by Gasteiger charge is -2.27. The lowest BCUT2D eigenvalue weighted by molar-refractivity contribution is -0.149. The Morgan fingerprint density at radius 2 is 2.00 bits per heavy atom. The summed E-state index contributed by atoms with van der Waals surface area (Å²) in [5, 5.41) is 2.97. The maximum absolute atomic E-state index is 12.5. The summed E-state index contributed by atoms with van der Waals surface area (Å²) in [5.41, 5.74) is 0.536. The van der Waals surface area contributed by atoms with E-state index in [9.17, 15) is 9.59 Å². The second-order valence-electron chi connectivity index (χ2n) is 6.73. The van der Waals surface area contributed by atoms with E-state index in [1.54, 1.807) is 0 Å². The van der Waals surface area contributed by atoms with E-state index in [0.717, 1.165) is 42.7 Å². The van der Waals surface area contributed by atoms with Crippen LogP contribution < -0.4 is 14.8 Å². The van der Waals surface area contributed by atoms with Crippen LogP contribution in [0.2, 0.25) is 0 Å². The van der Waals surface area contributed by atoms with Gasteiger partial charge in [0.2, 0.25) is 12.7 Å². The molecule has 0 unspecified atom stereocenters. The Labute approximate surface area is 140 Å². The topological polar surface area (TPSA) is 73.9 Å². The maximum atomic E-state index is 12.5. The molecule has 1 aliphatic carbocycles. The molecule has 0 radical (unpaired) electrons. The van der Waals surface area contributed by atoms with Crippen LogP contribution in [0.5, 0.6) is 11.5 Å². The number of ether oxygens (including phenoxy) is 3. The lowest BCUT2D eigenvalue weighted by atomic mass is 9.85. The second kappa shape index (κ2) is 6.00. The van der Waals surface area contributed by atoms with E-state index in [4.69, 9.17) is 14.2 Å². The first-order chi connectivity index (χ1) is 11.7. The number of benzene rings is 1. The largest absolute Gasteiger partial charge is 0.458 e. The van der Waals surface area contributed by atoms with E-state index in [1.165, 1.54) is 0 Å². The van der Waals surface area contributed by atoms with Gasteiger partial charge in [0.1, 0.15) is 5.60 Å². The van der Waals surface area contributed by atoms with Crippen LogP contribution in [-0.2, 0) is 20.7 Å². The van der Waals surface area contributed by atoms with Gasteiger partial charge in [-0.2, -0.15) is 0 Å². The second-order valence-corrected chi connectivity index (χ2v) is 6.73. The van der Waals surface area contributed by atoms with Crippen LogP contribution >= 0.6 is 0 Å². The van der Waals surface area contributed by atoms with E-state index >= 15 is 0 Å². The van der Waals surface area contributed by atoms with Crippen LogP contribution in [0.3, 0.4) is 0 Å². The first kappa shape index (κ1) is 15.3. The third-order valence-electron chi connectivity index (χ3n) is 5.24. The van der Waals surface area contributed by atoms with Gasteiger partial charge in [-0.05, 0) is 49.8 Å². The van der Waals surface area contributed by atoms with Gasteiger partial charge in [0.15, 0.2) is 11.5 Å². The van der Waals surface area contributed by atoms with E-state index < -0.39 is 5.60 Å². The van der Waals surface area contributed by atoms with E-state index in [-0.39, 0.29) is 31.0 Å². The molecule has 3 aliphatic rings. The van der Waals surface area contributed by atoms with Gasteiger partial charge in [0.05, 0.1) is 12.3 Å². The summed E-state index contributed by atoms with van der Waals surface area (Å²) in [7, 11) is 0. The molecular formula is C18H21NO5. The van der Waals surface area contributed by atoms with Gasteiger partial charge >= 0.3 is 5.97 Å². The molecule has 2 aliphatic heterocycles. The normalized spacial score (nSPS) is 23.5. The standard InChI is InChI=1S/C18H21NO5/c20-16-10-13(18(24-16)6-1-2-7-18)17(21)19-8-5-12-3-4-14-15(9-12)23-11-22-14/h3-4,9,13H,1-2,5-8,10-11H2,(H,19,21)/t13-/m1/s1. The number of hydrogen-bond acceptors (Lipinski definition) is 5. The van der Waals surface area contributed by atoms with Crippen LogP contribution in [0, 0.1) is 5.92 Å². The van der Waals surface area contributed by atoms with Crippen LogP contribution in [0.25, 0.3) is 0 Å². The third-order valence-corrected chi connectivity index (χ3v) is 5.24. The molecule has 0 aromatic heterocycles. The summed E-state index contributed by atoms with van der Waals surface area (Å²) >= 11 is 0. The summed E-state index contributed by atoms with van der Waals surface area (Å²) in [6.45, 7) is 0.784. The lowest BCUT2D eigenvalue weighted by Crippen LogP contribution is -2.43. The van der Waals surface area contributed by atoms with Crippen molar-refractivity contribution in [2.75, 3.05) is 13.3 Å². The molecule has 24 heavy (non-hydrogen) atoms. The quantitative estimate of drug-likeness (QED) is 0.854. The minimum absolute atomic E-state index is 0.0662. The molecule has 1 amide bonds.